The van der Waals surface area contributed by atoms with E-state index in [0.717, 1.165) is 16.8 Å². The highest BCUT2D eigenvalue weighted by molar-refractivity contribution is 7.89. The van der Waals surface area contributed by atoms with Crippen LogP contribution in [-0.2, 0) is 16.4 Å². The minimum absolute atomic E-state index is 0.0316. The van der Waals surface area contributed by atoms with E-state index < -0.39 is 10.0 Å². The molecule has 7 heteroatoms. The average molecular weight is 346 g/mol. The highest BCUT2D eigenvalue weighted by Gasteiger charge is 2.19. The Labute approximate surface area is 139 Å². The minimum atomic E-state index is -3.75. The summed E-state index contributed by atoms with van der Waals surface area (Å²) >= 11 is 0. The van der Waals surface area contributed by atoms with Crippen molar-refractivity contribution in [2.45, 2.75) is 18.2 Å². The van der Waals surface area contributed by atoms with Crippen LogP contribution in [0, 0.1) is 5.82 Å². The van der Waals surface area contributed by atoms with Crippen LogP contribution in [-0.4, -0.2) is 13.6 Å². The fourth-order valence-electron chi connectivity index (χ4n) is 2.47. The molecule has 0 amide bonds. The predicted molar refractivity (Wildman–Crippen MR) is 88.1 cm³/mol. The van der Waals surface area contributed by atoms with Gasteiger partial charge < -0.3 is 4.52 Å². The lowest BCUT2D eigenvalue weighted by Crippen LogP contribution is -2.11. The molecule has 3 rings (SSSR count). The van der Waals surface area contributed by atoms with Gasteiger partial charge in [-0.25, -0.2) is 17.9 Å². The van der Waals surface area contributed by atoms with Crippen LogP contribution in [0.15, 0.2) is 57.9 Å². The largest absolute Gasteiger partial charge is 0.355 e. The summed E-state index contributed by atoms with van der Waals surface area (Å²) in [7, 11) is -3.75. The molecular formula is C17H15FN2O3S. The van der Waals surface area contributed by atoms with Crippen molar-refractivity contribution in [2.24, 2.45) is 5.14 Å². The maximum atomic E-state index is 13.1. The fraction of sp³-hybridized carbons (Fsp3) is 0.118. The molecule has 2 aromatic carbocycles. The molecule has 0 unspecified atom stereocenters. The van der Waals surface area contributed by atoms with Gasteiger partial charge in [-0.1, -0.05) is 24.2 Å². The van der Waals surface area contributed by atoms with Crippen molar-refractivity contribution in [1.29, 1.82) is 0 Å². The number of sulfonamides is 1. The van der Waals surface area contributed by atoms with Gasteiger partial charge >= 0.3 is 0 Å². The summed E-state index contributed by atoms with van der Waals surface area (Å²) in [5.74, 6) is 0.170. The fourth-order valence-corrected chi connectivity index (χ4v) is 2.99. The van der Waals surface area contributed by atoms with Crippen molar-refractivity contribution in [3.8, 4) is 22.5 Å². The van der Waals surface area contributed by atoms with Gasteiger partial charge in [0.05, 0.1) is 16.2 Å². The number of aryl methyl sites for hydroxylation is 1. The number of nitrogens with zero attached hydrogens (tertiary/aromatic N) is 1. The number of halogens is 1. The summed E-state index contributed by atoms with van der Waals surface area (Å²) in [4.78, 5) is 0.0316. The van der Waals surface area contributed by atoms with E-state index in [1.807, 2.05) is 6.92 Å². The third kappa shape index (κ3) is 3.08. The molecule has 0 aliphatic carbocycles. The third-order valence-corrected chi connectivity index (χ3v) is 4.60. The molecule has 0 atom stereocenters. The van der Waals surface area contributed by atoms with Gasteiger partial charge in [0.1, 0.15) is 5.82 Å². The molecule has 0 spiro atoms. The number of hydrogen-bond acceptors (Lipinski definition) is 4. The van der Waals surface area contributed by atoms with Crippen molar-refractivity contribution < 1.29 is 17.3 Å². The lowest BCUT2D eigenvalue weighted by Gasteiger charge is -2.05. The first kappa shape index (κ1) is 16.4. The van der Waals surface area contributed by atoms with Crippen LogP contribution in [0.3, 0.4) is 0 Å². The summed E-state index contributed by atoms with van der Waals surface area (Å²) in [5.41, 5.74) is 2.93. The topological polar surface area (TPSA) is 86.2 Å². The molecular weight excluding hydrogens is 331 g/mol. The van der Waals surface area contributed by atoms with E-state index in [0.29, 0.717) is 17.7 Å². The Bertz CT molecular complexity index is 962. The average Bonchev–Trinajstić information content (AvgIpc) is 2.99. The SMILES string of the molecule is CCc1noc(-c2ccc(F)cc2)c1-c1ccc(S(N)(=O)=O)cc1. The number of hydrogen-bond donors (Lipinski definition) is 1. The number of nitrogens with two attached hydrogens (primary N) is 1. The summed E-state index contributed by atoms with van der Waals surface area (Å²) in [6, 6.07) is 12.1. The van der Waals surface area contributed by atoms with Gasteiger partial charge in [0.2, 0.25) is 10.0 Å². The zero-order valence-electron chi connectivity index (χ0n) is 12.9. The lowest BCUT2D eigenvalue weighted by molar-refractivity contribution is 0.424. The van der Waals surface area contributed by atoms with Crippen molar-refractivity contribution >= 4 is 10.0 Å². The van der Waals surface area contributed by atoms with Crippen LogP contribution in [0.5, 0.6) is 0 Å². The molecule has 2 N–H and O–H groups in total. The first-order valence-corrected chi connectivity index (χ1v) is 8.82. The minimum Gasteiger partial charge on any atom is -0.355 e. The first-order valence-electron chi connectivity index (χ1n) is 7.28. The quantitative estimate of drug-likeness (QED) is 0.785. The molecule has 0 bridgehead atoms. The standard InChI is InChI=1S/C17H15FN2O3S/c1-2-15-16(11-5-9-14(10-6-11)24(19,21)22)17(23-20-15)12-3-7-13(18)8-4-12/h3-10H,2H2,1H3,(H2,19,21,22). The Hall–Kier alpha value is -2.51. The molecule has 0 aliphatic heterocycles. The summed E-state index contributed by atoms with van der Waals surface area (Å²) < 4.78 is 41.4. The maximum absolute atomic E-state index is 13.1. The number of primary sulfonamides is 1. The second-order valence-electron chi connectivity index (χ2n) is 5.26. The van der Waals surface area contributed by atoms with Gasteiger partial charge in [0, 0.05) is 5.56 Å². The van der Waals surface area contributed by atoms with Crippen LogP contribution in [0.4, 0.5) is 4.39 Å². The Morgan fingerprint density at radius 3 is 2.17 bits per heavy atom. The molecule has 5 nitrogen and oxygen atoms in total. The Morgan fingerprint density at radius 1 is 1.04 bits per heavy atom. The van der Waals surface area contributed by atoms with Gasteiger partial charge in [0.15, 0.2) is 5.76 Å². The normalized spacial score (nSPS) is 11.6. The molecule has 24 heavy (non-hydrogen) atoms. The second-order valence-corrected chi connectivity index (χ2v) is 6.82. The number of aromatic nitrogens is 1. The monoisotopic (exact) mass is 346 g/mol. The van der Waals surface area contributed by atoms with Gasteiger partial charge in [-0.15, -0.1) is 0 Å². The van der Waals surface area contributed by atoms with Crippen LogP contribution in [0.2, 0.25) is 0 Å². The summed E-state index contributed by atoms with van der Waals surface area (Å²) in [6.07, 6.45) is 0.636. The Morgan fingerprint density at radius 2 is 1.62 bits per heavy atom. The molecule has 1 aromatic heterocycles. The van der Waals surface area contributed by atoms with Crippen molar-refractivity contribution in [3.63, 3.8) is 0 Å². The van der Waals surface area contributed by atoms with E-state index in [-0.39, 0.29) is 10.7 Å². The van der Waals surface area contributed by atoms with Crippen molar-refractivity contribution in [1.82, 2.24) is 5.16 Å². The molecule has 124 valence electrons. The molecule has 0 saturated heterocycles. The molecule has 3 aromatic rings. The van der Waals surface area contributed by atoms with E-state index in [1.165, 1.54) is 24.3 Å². The molecule has 0 radical (unpaired) electrons. The summed E-state index contributed by atoms with van der Waals surface area (Å²) in [5, 5.41) is 9.19. The van der Waals surface area contributed by atoms with Crippen LogP contribution >= 0.6 is 0 Å². The van der Waals surface area contributed by atoms with E-state index in [2.05, 4.69) is 5.16 Å². The van der Waals surface area contributed by atoms with Crippen LogP contribution in [0.1, 0.15) is 12.6 Å². The second kappa shape index (κ2) is 6.18. The third-order valence-electron chi connectivity index (χ3n) is 3.68. The highest BCUT2D eigenvalue weighted by Crippen LogP contribution is 2.35. The molecule has 0 fully saturated rings. The zero-order valence-corrected chi connectivity index (χ0v) is 13.7. The number of benzene rings is 2. The van der Waals surface area contributed by atoms with E-state index in [9.17, 15) is 12.8 Å². The Balaban J connectivity index is 2.13. The van der Waals surface area contributed by atoms with Crippen LogP contribution in [0.25, 0.3) is 22.5 Å². The van der Waals surface area contributed by atoms with E-state index >= 15 is 0 Å². The van der Waals surface area contributed by atoms with E-state index in [1.54, 1.807) is 24.3 Å². The van der Waals surface area contributed by atoms with Gasteiger partial charge in [-0.3, -0.25) is 0 Å². The predicted octanol–water partition coefficient (Wildman–Crippen LogP) is 3.36. The first-order chi connectivity index (χ1) is 11.4. The van der Waals surface area contributed by atoms with Gasteiger partial charge in [0.25, 0.3) is 0 Å². The van der Waals surface area contributed by atoms with Gasteiger partial charge in [-0.2, -0.15) is 0 Å². The molecule has 1 heterocycles. The highest BCUT2D eigenvalue weighted by atomic mass is 32.2. The maximum Gasteiger partial charge on any atom is 0.238 e. The lowest BCUT2D eigenvalue weighted by atomic mass is 9.98. The summed E-state index contributed by atoms with van der Waals surface area (Å²) in [6.45, 7) is 1.94. The van der Waals surface area contributed by atoms with Crippen molar-refractivity contribution in [3.05, 3.63) is 60.0 Å². The Kier molecular flexibility index (Phi) is 4.21. The zero-order chi connectivity index (χ0) is 17.3. The smallest absolute Gasteiger partial charge is 0.238 e. The van der Waals surface area contributed by atoms with Gasteiger partial charge in [-0.05, 0) is 48.4 Å². The van der Waals surface area contributed by atoms with E-state index in [4.69, 9.17) is 9.66 Å². The van der Waals surface area contributed by atoms with Crippen LogP contribution < -0.4 is 5.14 Å². The molecule has 0 saturated carbocycles. The number of rotatable bonds is 4. The molecule has 0 aliphatic rings. The van der Waals surface area contributed by atoms with Crippen molar-refractivity contribution in [2.75, 3.05) is 0 Å².